The molecule has 1 fully saturated rings. The average molecular weight is 226 g/mol. The lowest BCUT2D eigenvalue weighted by Gasteiger charge is -1.97. The van der Waals surface area contributed by atoms with Gasteiger partial charge in [0.25, 0.3) is 0 Å². The minimum Gasteiger partial charge on any atom is -0.481 e. The molecule has 1 aliphatic carbocycles. The van der Waals surface area contributed by atoms with Crippen LogP contribution >= 0.6 is 0 Å². The lowest BCUT2D eigenvalue weighted by Crippen LogP contribution is -1.98. The molecule has 0 aromatic rings. The van der Waals surface area contributed by atoms with Crippen molar-refractivity contribution in [2.75, 3.05) is 0 Å². The topological polar surface area (TPSA) is 74.6 Å². The number of aliphatic hydroxyl groups is 1. The molecule has 1 atom stereocenters. The number of carboxylic acid groups (broad SMARTS) is 1. The summed E-state index contributed by atoms with van der Waals surface area (Å²) in [7, 11) is 0. The Hall–Kier alpha value is -1.16. The molecule has 0 aromatic carbocycles. The first-order valence-electron chi connectivity index (χ1n) is 5.71. The van der Waals surface area contributed by atoms with E-state index in [0.717, 1.165) is 24.8 Å². The summed E-state index contributed by atoms with van der Waals surface area (Å²) in [5, 5.41) is 17.7. The van der Waals surface area contributed by atoms with Crippen molar-refractivity contribution in [1.82, 2.24) is 0 Å². The number of aliphatic hydroxyl groups excluding tert-OH is 1. The lowest BCUT2D eigenvalue weighted by molar-refractivity contribution is -0.137. The molecule has 4 heteroatoms. The number of unbranched alkanes of at least 4 members (excludes halogenated alkanes) is 3. The third kappa shape index (κ3) is 4.57. The Morgan fingerprint density at radius 2 is 2.06 bits per heavy atom. The number of ketones is 1. The van der Waals surface area contributed by atoms with Crippen LogP contribution in [-0.4, -0.2) is 28.1 Å². The fourth-order valence-electron chi connectivity index (χ4n) is 1.86. The highest BCUT2D eigenvalue weighted by Crippen LogP contribution is 2.22. The van der Waals surface area contributed by atoms with E-state index in [9.17, 15) is 14.7 Å². The number of carbonyl (C=O) groups is 2. The molecule has 0 aliphatic heterocycles. The number of Topliss-reactive ketones (excluding diaryl/α,β-unsaturated/α-hetero) is 1. The highest BCUT2D eigenvalue weighted by Gasteiger charge is 2.24. The maximum absolute atomic E-state index is 11.3. The summed E-state index contributed by atoms with van der Waals surface area (Å²) in [5.74, 6) is -0.703. The zero-order valence-corrected chi connectivity index (χ0v) is 9.32. The van der Waals surface area contributed by atoms with Crippen LogP contribution in [0.25, 0.3) is 0 Å². The molecule has 2 N–H and O–H groups in total. The third-order valence-electron chi connectivity index (χ3n) is 2.72. The van der Waals surface area contributed by atoms with E-state index in [1.54, 1.807) is 0 Å². The molecule has 0 aromatic heterocycles. The highest BCUT2D eigenvalue weighted by atomic mass is 16.4. The van der Waals surface area contributed by atoms with Crippen LogP contribution in [0.1, 0.15) is 44.9 Å². The Kier molecular flexibility index (Phi) is 5.19. The largest absolute Gasteiger partial charge is 0.481 e. The number of aliphatic carboxylic acids is 1. The summed E-state index contributed by atoms with van der Waals surface area (Å²) in [6.07, 6.45) is 5.60. The van der Waals surface area contributed by atoms with Crippen molar-refractivity contribution in [3.05, 3.63) is 11.6 Å². The van der Waals surface area contributed by atoms with Gasteiger partial charge in [0.05, 0.1) is 6.10 Å². The number of hydrogen-bond donors (Lipinski definition) is 2. The predicted octanol–water partition coefficient (Wildman–Crippen LogP) is 1.67. The van der Waals surface area contributed by atoms with E-state index >= 15 is 0 Å². The van der Waals surface area contributed by atoms with Crippen molar-refractivity contribution in [1.29, 1.82) is 0 Å². The first kappa shape index (κ1) is 12.9. The van der Waals surface area contributed by atoms with E-state index in [0.29, 0.717) is 12.8 Å². The summed E-state index contributed by atoms with van der Waals surface area (Å²) in [5.41, 5.74) is 0.741. The standard InChI is InChI=1S/C12H18O4/c13-10-7-9(11(14)8-10)5-3-1-2-4-6-12(15)16/h5,10,13H,1-4,6-8H2,(H,15,16). The number of hydrogen-bond acceptors (Lipinski definition) is 3. The summed E-state index contributed by atoms with van der Waals surface area (Å²) >= 11 is 0. The van der Waals surface area contributed by atoms with Crippen molar-refractivity contribution in [2.24, 2.45) is 0 Å². The van der Waals surface area contributed by atoms with Gasteiger partial charge in [-0.05, 0) is 24.8 Å². The van der Waals surface area contributed by atoms with Crippen LogP contribution in [0.5, 0.6) is 0 Å². The van der Waals surface area contributed by atoms with Crippen LogP contribution in [-0.2, 0) is 9.59 Å². The van der Waals surface area contributed by atoms with Gasteiger partial charge in [-0.1, -0.05) is 12.5 Å². The summed E-state index contributed by atoms with van der Waals surface area (Å²) in [4.78, 5) is 21.5. The van der Waals surface area contributed by atoms with E-state index in [-0.39, 0.29) is 18.6 Å². The lowest BCUT2D eigenvalue weighted by atomic mass is 10.1. The summed E-state index contributed by atoms with van der Waals surface area (Å²) in [6, 6.07) is 0. The molecule has 0 bridgehead atoms. The fraction of sp³-hybridized carbons (Fsp3) is 0.667. The van der Waals surface area contributed by atoms with Gasteiger partial charge in [-0.3, -0.25) is 9.59 Å². The van der Waals surface area contributed by atoms with Crippen molar-refractivity contribution in [3.8, 4) is 0 Å². The molecule has 1 rings (SSSR count). The molecule has 1 unspecified atom stereocenters. The summed E-state index contributed by atoms with van der Waals surface area (Å²) < 4.78 is 0. The van der Waals surface area contributed by atoms with Crippen LogP contribution in [0, 0.1) is 0 Å². The van der Waals surface area contributed by atoms with E-state index in [4.69, 9.17) is 5.11 Å². The number of carbonyl (C=O) groups excluding carboxylic acids is 1. The minimum atomic E-state index is -0.757. The molecule has 1 aliphatic rings. The molecule has 0 saturated heterocycles. The Balaban J connectivity index is 2.12. The van der Waals surface area contributed by atoms with E-state index < -0.39 is 12.1 Å². The first-order valence-corrected chi connectivity index (χ1v) is 5.71. The van der Waals surface area contributed by atoms with Crippen molar-refractivity contribution in [2.45, 2.75) is 51.0 Å². The molecule has 4 nitrogen and oxygen atoms in total. The van der Waals surface area contributed by atoms with Gasteiger partial charge >= 0.3 is 5.97 Å². The first-order chi connectivity index (χ1) is 7.59. The highest BCUT2D eigenvalue weighted by molar-refractivity contribution is 5.98. The Labute approximate surface area is 95.0 Å². The van der Waals surface area contributed by atoms with Gasteiger partial charge in [-0.25, -0.2) is 0 Å². The molecular weight excluding hydrogens is 208 g/mol. The molecule has 0 radical (unpaired) electrons. The second-order valence-corrected chi connectivity index (χ2v) is 4.21. The Morgan fingerprint density at radius 3 is 2.62 bits per heavy atom. The van der Waals surface area contributed by atoms with Gasteiger partial charge in [0.15, 0.2) is 5.78 Å². The second-order valence-electron chi connectivity index (χ2n) is 4.21. The molecule has 16 heavy (non-hydrogen) atoms. The van der Waals surface area contributed by atoms with E-state index in [1.807, 2.05) is 6.08 Å². The minimum absolute atomic E-state index is 0.0537. The van der Waals surface area contributed by atoms with Crippen molar-refractivity contribution in [3.63, 3.8) is 0 Å². The SMILES string of the molecule is O=C(O)CCCCCC=C1CC(O)CC1=O. The van der Waals surface area contributed by atoms with Gasteiger partial charge in [0, 0.05) is 19.3 Å². The van der Waals surface area contributed by atoms with E-state index in [1.165, 1.54) is 0 Å². The predicted molar refractivity (Wildman–Crippen MR) is 59.1 cm³/mol. The van der Waals surface area contributed by atoms with Gasteiger partial charge < -0.3 is 10.2 Å². The Bertz CT molecular complexity index is 293. The van der Waals surface area contributed by atoms with E-state index in [2.05, 4.69) is 0 Å². The van der Waals surface area contributed by atoms with Crippen molar-refractivity contribution >= 4 is 11.8 Å². The number of carboxylic acids is 1. The van der Waals surface area contributed by atoms with Crippen LogP contribution in [0.4, 0.5) is 0 Å². The second kappa shape index (κ2) is 6.43. The quantitative estimate of drug-likeness (QED) is 0.533. The third-order valence-corrected chi connectivity index (χ3v) is 2.72. The molecule has 0 amide bonds. The molecule has 1 saturated carbocycles. The number of allylic oxidation sites excluding steroid dienone is 1. The van der Waals surface area contributed by atoms with Gasteiger partial charge in [0.2, 0.25) is 0 Å². The van der Waals surface area contributed by atoms with Gasteiger partial charge in [-0.2, -0.15) is 0 Å². The maximum Gasteiger partial charge on any atom is 0.303 e. The van der Waals surface area contributed by atoms with Gasteiger partial charge in [0.1, 0.15) is 0 Å². The molecule has 90 valence electrons. The summed E-state index contributed by atoms with van der Waals surface area (Å²) in [6.45, 7) is 0. The van der Waals surface area contributed by atoms with Crippen LogP contribution in [0.2, 0.25) is 0 Å². The zero-order valence-electron chi connectivity index (χ0n) is 9.32. The van der Waals surface area contributed by atoms with Gasteiger partial charge in [-0.15, -0.1) is 0 Å². The van der Waals surface area contributed by atoms with Crippen molar-refractivity contribution < 1.29 is 19.8 Å². The zero-order chi connectivity index (χ0) is 12.0. The van der Waals surface area contributed by atoms with Crippen LogP contribution in [0.15, 0.2) is 11.6 Å². The average Bonchev–Trinajstić information content (AvgIpc) is 2.50. The number of rotatable bonds is 6. The normalized spacial score (nSPS) is 22.9. The molecular formula is C12H18O4. The van der Waals surface area contributed by atoms with Crippen LogP contribution < -0.4 is 0 Å². The smallest absolute Gasteiger partial charge is 0.303 e. The molecule has 0 heterocycles. The maximum atomic E-state index is 11.3. The Morgan fingerprint density at radius 1 is 1.31 bits per heavy atom. The fourth-order valence-corrected chi connectivity index (χ4v) is 1.86. The van der Waals surface area contributed by atoms with Crippen LogP contribution in [0.3, 0.4) is 0 Å². The monoisotopic (exact) mass is 226 g/mol. The molecule has 0 spiro atoms.